The predicted molar refractivity (Wildman–Crippen MR) is 155 cm³/mol. The van der Waals surface area contributed by atoms with Crippen LogP contribution in [0.3, 0.4) is 0 Å². The Balaban J connectivity index is 3.03. The lowest BCUT2D eigenvalue weighted by Crippen LogP contribution is -2.08. The monoisotopic (exact) mass is 482 g/mol. The van der Waals surface area contributed by atoms with Crippen LogP contribution in [-0.4, -0.2) is 24.0 Å². The molecule has 0 spiro atoms. The summed E-state index contributed by atoms with van der Waals surface area (Å²) in [5.74, 6) is 0. The van der Waals surface area contributed by atoms with E-state index in [9.17, 15) is 9.59 Å². The molecule has 0 radical (unpaired) electrons. The minimum Gasteiger partial charge on any atom is -0.298 e. The van der Waals surface area contributed by atoms with E-state index in [0.717, 1.165) is 81.3 Å². The number of carbonyl (C=O) groups excluding carboxylic acids is 2. The van der Waals surface area contributed by atoms with Crippen LogP contribution in [0.5, 0.6) is 0 Å². The number of allylic oxidation sites excluding steroid dienone is 6. The second kappa shape index (κ2) is 13.4. The second-order valence-corrected chi connectivity index (χ2v) is 8.69. The van der Waals surface area contributed by atoms with Gasteiger partial charge in [-0.05, 0) is 66.0 Å². The summed E-state index contributed by atoms with van der Waals surface area (Å²) >= 11 is 0. The standard InChI is InChI=1S/C32H38N2O2/c1-9-14-30(34-29(13-5)22(7)11-3)27-18-16-24(19-35)31-26(17-15-25(20-36)32(27)31)23(8)33-28(12-4)21(6)10-2/h10-13,15-20H,9,14H2,1-8H3/b21-10-,22-11-,28-12+,29-13+,33-23+,34-30+. The van der Waals surface area contributed by atoms with Gasteiger partial charge in [0.2, 0.25) is 0 Å². The molecule has 0 saturated heterocycles. The molecule has 0 atom stereocenters. The first-order chi connectivity index (χ1) is 17.3. The van der Waals surface area contributed by atoms with Crippen LogP contribution in [0.15, 0.2) is 81.1 Å². The molecule has 0 N–H and O–H groups in total. The van der Waals surface area contributed by atoms with Crippen LogP contribution < -0.4 is 0 Å². The maximum atomic E-state index is 12.2. The molecule has 2 aromatic carbocycles. The molecule has 4 heteroatoms. The molecule has 2 rings (SSSR count). The first kappa shape index (κ1) is 28.6. The molecule has 0 fully saturated rings. The molecule has 0 amide bonds. The smallest absolute Gasteiger partial charge is 0.150 e. The molecule has 0 bridgehead atoms. The van der Waals surface area contributed by atoms with E-state index in [1.54, 1.807) is 0 Å². The van der Waals surface area contributed by atoms with Gasteiger partial charge in [-0.15, -0.1) is 0 Å². The molecule has 188 valence electrons. The number of carbonyl (C=O) groups is 2. The van der Waals surface area contributed by atoms with E-state index in [-0.39, 0.29) is 0 Å². The van der Waals surface area contributed by atoms with E-state index >= 15 is 0 Å². The van der Waals surface area contributed by atoms with E-state index < -0.39 is 0 Å². The van der Waals surface area contributed by atoms with Crippen LogP contribution in [0.1, 0.15) is 100 Å². The van der Waals surface area contributed by atoms with E-state index in [1.165, 1.54) is 0 Å². The lowest BCUT2D eigenvalue weighted by atomic mass is 9.88. The fraction of sp³-hybridized carbons (Fsp3) is 0.312. The van der Waals surface area contributed by atoms with Crippen molar-refractivity contribution < 1.29 is 9.59 Å². The zero-order valence-electron chi connectivity index (χ0n) is 22.9. The van der Waals surface area contributed by atoms with Gasteiger partial charge < -0.3 is 0 Å². The van der Waals surface area contributed by atoms with Gasteiger partial charge in [0.05, 0.1) is 11.4 Å². The summed E-state index contributed by atoms with van der Waals surface area (Å²) in [6.45, 7) is 16.0. The largest absolute Gasteiger partial charge is 0.298 e. The fourth-order valence-corrected chi connectivity index (χ4v) is 4.22. The summed E-state index contributed by atoms with van der Waals surface area (Å²) in [6, 6.07) is 7.45. The van der Waals surface area contributed by atoms with E-state index in [4.69, 9.17) is 9.98 Å². The van der Waals surface area contributed by atoms with Crippen molar-refractivity contribution in [3.8, 4) is 0 Å². The molecular weight excluding hydrogens is 444 g/mol. The minimum atomic E-state index is 0.526. The second-order valence-electron chi connectivity index (χ2n) is 8.69. The predicted octanol–water partition coefficient (Wildman–Crippen LogP) is 8.60. The van der Waals surface area contributed by atoms with Gasteiger partial charge in [-0.2, -0.15) is 0 Å². The van der Waals surface area contributed by atoms with Gasteiger partial charge in [0.25, 0.3) is 0 Å². The summed E-state index contributed by atoms with van der Waals surface area (Å²) in [5.41, 5.74) is 8.35. The van der Waals surface area contributed by atoms with E-state index in [2.05, 4.69) is 6.92 Å². The third-order valence-electron chi connectivity index (χ3n) is 6.43. The van der Waals surface area contributed by atoms with Crippen molar-refractivity contribution in [2.45, 2.75) is 68.2 Å². The quantitative estimate of drug-likeness (QED) is 0.193. The van der Waals surface area contributed by atoms with Crippen LogP contribution in [0.25, 0.3) is 10.8 Å². The molecule has 0 aliphatic rings. The average Bonchev–Trinajstić information content (AvgIpc) is 2.91. The highest BCUT2D eigenvalue weighted by molar-refractivity contribution is 6.23. The third-order valence-corrected chi connectivity index (χ3v) is 6.43. The molecule has 2 aromatic rings. The molecule has 4 nitrogen and oxygen atoms in total. The van der Waals surface area contributed by atoms with E-state index in [1.807, 2.05) is 97.0 Å². The lowest BCUT2D eigenvalue weighted by molar-refractivity contribution is 0.111. The Hall–Kier alpha value is -3.66. The van der Waals surface area contributed by atoms with Gasteiger partial charge in [-0.3, -0.25) is 19.6 Å². The topological polar surface area (TPSA) is 58.9 Å². The maximum absolute atomic E-state index is 12.2. The number of hydrogen-bond acceptors (Lipinski definition) is 4. The van der Waals surface area contributed by atoms with Gasteiger partial charge in [0.1, 0.15) is 0 Å². The Kier molecular flexibility index (Phi) is 10.7. The molecule has 0 heterocycles. The van der Waals surface area contributed by atoms with Crippen molar-refractivity contribution in [3.05, 3.63) is 93.4 Å². The third kappa shape index (κ3) is 6.12. The van der Waals surface area contributed by atoms with Crippen molar-refractivity contribution in [1.29, 1.82) is 0 Å². The Morgan fingerprint density at radius 2 is 1.17 bits per heavy atom. The highest BCUT2D eigenvalue weighted by atomic mass is 16.1. The normalized spacial score (nSPS) is 14.4. The van der Waals surface area contributed by atoms with Crippen molar-refractivity contribution in [1.82, 2.24) is 0 Å². The first-order valence-corrected chi connectivity index (χ1v) is 12.5. The number of benzene rings is 2. The highest BCUT2D eigenvalue weighted by Gasteiger charge is 2.19. The average molecular weight is 483 g/mol. The van der Waals surface area contributed by atoms with Gasteiger partial charge in [-0.25, -0.2) is 0 Å². The SMILES string of the molecule is C\C=C(C)/C(=C\C)/N=C(\C)c1ccc(C=O)c2c(/C(CCC)=N/C(=C/C)C(/C)=C\C)ccc(C=O)c12. The van der Waals surface area contributed by atoms with Gasteiger partial charge in [-0.1, -0.05) is 61.9 Å². The van der Waals surface area contributed by atoms with Gasteiger partial charge in [0, 0.05) is 44.4 Å². The Morgan fingerprint density at radius 1 is 0.694 bits per heavy atom. The molecule has 0 saturated carbocycles. The van der Waals surface area contributed by atoms with Gasteiger partial charge >= 0.3 is 0 Å². The molecule has 0 aliphatic heterocycles. The fourth-order valence-electron chi connectivity index (χ4n) is 4.22. The summed E-state index contributed by atoms with van der Waals surface area (Å²) in [7, 11) is 0. The zero-order valence-corrected chi connectivity index (χ0v) is 22.9. The van der Waals surface area contributed by atoms with Crippen LogP contribution in [0.4, 0.5) is 0 Å². The number of rotatable bonds is 10. The van der Waals surface area contributed by atoms with Crippen molar-refractivity contribution in [2.75, 3.05) is 0 Å². The number of nitrogens with zero attached hydrogens (tertiary/aromatic N) is 2. The van der Waals surface area contributed by atoms with E-state index in [0.29, 0.717) is 11.1 Å². The van der Waals surface area contributed by atoms with Crippen LogP contribution in [-0.2, 0) is 0 Å². The number of fused-ring (bicyclic) bond motifs is 1. The van der Waals surface area contributed by atoms with Crippen molar-refractivity contribution >= 4 is 34.8 Å². The van der Waals surface area contributed by atoms with Gasteiger partial charge in [0.15, 0.2) is 12.6 Å². The number of aldehydes is 2. The Labute approximate surface area is 215 Å². The molecule has 0 unspecified atom stereocenters. The van der Waals surface area contributed by atoms with Crippen LogP contribution >= 0.6 is 0 Å². The Bertz CT molecular complexity index is 1330. The van der Waals surface area contributed by atoms with Crippen molar-refractivity contribution in [2.24, 2.45) is 9.98 Å². The summed E-state index contributed by atoms with van der Waals surface area (Å²) in [4.78, 5) is 34.3. The summed E-state index contributed by atoms with van der Waals surface area (Å²) in [5, 5.41) is 1.47. The lowest BCUT2D eigenvalue weighted by Gasteiger charge is -2.17. The molecule has 36 heavy (non-hydrogen) atoms. The first-order valence-electron chi connectivity index (χ1n) is 12.5. The zero-order chi connectivity index (χ0) is 26.8. The number of aliphatic imine (C=N–C) groups is 2. The van der Waals surface area contributed by atoms with Crippen LogP contribution in [0, 0.1) is 0 Å². The molecule has 0 aliphatic carbocycles. The maximum Gasteiger partial charge on any atom is 0.150 e. The highest BCUT2D eigenvalue weighted by Crippen LogP contribution is 2.32. The summed E-state index contributed by atoms with van der Waals surface area (Å²) in [6.07, 6.45) is 11.4. The Morgan fingerprint density at radius 3 is 1.61 bits per heavy atom. The van der Waals surface area contributed by atoms with Crippen LogP contribution in [0.2, 0.25) is 0 Å². The molecule has 0 aromatic heterocycles. The number of hydrogen-bond donors (Lipinski definition) is 0. The van der Waals surface area contributed by atoms with Crippen molar-refractivity contribution in [3.63, 3.8) is 0 Å². The summed E-state index contributed by atoms with van der Waals surface area (Å²) < 4.78 is 0. The molecular formula is C32H38N2O2. The minimum absolute atomic E-state index is 0.526.